The van der Waals surface area contributed by atoms with Crippen LogP contribution in [0, 0.1) is 0 Å². The molecule has 0 radical (unpaired) electrons. The van der Waals surface area contributed by atoms with E-state index in [0.717, 1.165) is 30.5 Å². The Bertz CT molecular complexity index is 941. The lowest BCUT2D eigenvalue weighted by Gasteiger charge is -2.15. The molecule has 4 nitrogen and oxygen atoms in total. The Labute approximate surface area is 169 Å². The maximum absolute atomic E-state index is 11.0. The lowest BCUT2D eigenvalue weighted by atomic mass is 10.2. The number of para-hydroxylation sites is 2. The van der Waals surface area contributed by atoms with Gasteiger partial charge in [-0.3, -0.25) is 9.56 Å². The number of fused-ring (bicyclic) bond motifs is 1. The van der Waals surface area contributed by atoms with E-state index in [0.29, 0.717) is 27.8 Å². The number of hydrogen-bond acceptors (Lipinski definition) is 3. The minimum atomic E-state index is 0.0813. The average molecular weight is 404 g/mol. The molecule has 0 aliphatic rings. The van der Waals surface area contributed by atoms with Gasteiger partial charge in [0.1, 0.15) is 0 Å². The number of halogens is 2. The van der Waals surface area contributed by atoms with E-state index in [1.54, 1.807) is 29.0 Å². The fourth-order valence-electron chi connectivity index (χ4n) is 3.20. The van der Waals surface area contributed by atoms with Gasteiger partial charge in [-0.15, -0.1) is 0 Å². The first-order valence-electron chi connectivity index (χ1n) is 9.07. The number of likely N-dealkylation sites (N-methyl/N-ethyl adjacent to an activating group) is 1. The third kappa shape index (κ3) is 3.98. The molecule has 1 aromatic heterocycles. The molecule has 6 heteroatoms. The first-order chi connectivity index (χ1) is 13.1. The lowest BCUT2D eigenvalue weighted by Crippen LogP contribution is -2.25. The van der Waals surface area contributed by atoms with Crippen LogP contribution in [0.5, 0.6) is 5.88 Å². The zero-order valence-corrected chi connectivity index (χ0v) is 17.0. The number of nitrogens with zero attached hydrogens (tertiary/aromatic N) is 3. The Morgan fingerprint density at radius 2 is 1.70 bits per heavy atom. The topological polar surface area (TPSA) is 40.8 Å². The lowest BCUT2D eigenvalue weighted by molar-refractivity contribution is 0.313. The molecule has 0 amide bonds. The summed E-state index contributed by atoms with van der Waals surface area (Å²) in [5.74, 6) is 0.0813. The van der Waals surface area contributed by atoms with Crippen molar-refractivity contribution >= 4 is 40.3 Å². The quantitative estimate of drug-likeness (QED) is 0.536. The van der Waals surface area contributed by atoms with Gasteiger partial charge in [0.25, 0.3) is 0 Å². The molecular formula is C21H23Cl2N3O. The van der Waals surface area contributed by atoms with Crippen molar-refractivity contribution in [1.82, 2.24) is 9.47 Å². The number of benzene rings is 2. The number of aromatic nitrogens is 1. The van der Waals surface area contributed by atoms with Crippen LogP contribution in [-0.4, -0.2) is 47.0 Å². The van der Waals surface area contributed by atoms with Crippen molar-refractivity contribution in [2.45, 2.75) is 13.8 Å². The second-order valence-corrected chi connectivity index (χ2v) is 7.04. The van der Waals surface area contributed by atoms with E-state index in [1.165, 1.54) is 0 Å². The van der Waals surface area contributed by atoms with Crippen LogP contribution in [0.2, 0.25) is 10.0 Å². The van der Waals surface area contributed by atoms with Crippen LogP contribution in [0.25, 0.3) is 16.6 Å². The highest BCUT2D eigenvalue weighted by Gasteiger charge is 2.19. The van der Waals surface area contributed by atoms with Gasteiger partial charge in [0, 0.05) is 18.1 Å². The summed E-state index contributed by atoms with van der Waals surface area (Å²) in [6.07, 6.45) is 1.74. The summed E-state index contributed by atoms with van der Waals surface area (Å²) in [6.45, 7) is 7.84. The molecule has 0 atom stereocenters. The van der Waals surface area contributed by atoms with Crippen molar-refractivity contribution in [3.05, 3.63) is 58.1 Å². The Kier molecular flexibility index (Phi) is 6.42. The molecule has 0 saturated carbocycles. The molecule has 0 aliphatic heterocycles. The summed E-state index contributed by atoms with van der Waals surface area (Å²) in [5, 5.41) is 12.8. The van der Waals surface area contributed by atoms with Gasteiger partial charge < -0.3 is 10.0 Å². The first kappa shape index (κ1) is 19.7. The fraction of sp³-hybridized carbons (Fsp3) is 0.286. The molecule has 1 N–H and O–H groups in total. The molecule has 3 aromatic rings. The first-order valence-corrected chi connectivity index (χ1v) is 9.83. The SMILES string of the molecule is CCN(CC)CCN=Cc1c(O)n(-c2c(Cl)cccc2Cl)c2ccccc12. The van der Waals surface area contributed by atoms with Gasteiger partial charge in [0.05, 0.1) is 33.4 Å². The minimum Gasteiger partial charge on any atom is -0.494 e. The van der Waals surface area contributed by atoms with Crippen molar-refractivity contribution in [2.75, 3.05) is 26.2 Å². The summed E-state index contributed by atoms with van der Waals surface area (Å²) in [7, 11) is 0. The zero-order chi connectivity index (χ0) is 19.4. The smallest absolute Gasteiger partial charge is 0.205 e. The Hall–Kier alpha value is -2.01. The highest BCUT2D eigenvalue weighted by molar-refractivity contribution is 6.38. The van der Waals surface area contributed by atoms with E-state index >= 15 is 0 Å². The van der Waals surface area contributed by atoms with Gasteiger partial charge in [-0.25, -0.2) is 0 Å². The standard InChI is InChI=1S/C21H23Cl2N3O/c1-3-25(4-2)13-12-24-14-16-15-8-5-6-11-19(15)26(21(16)27)20-17(22)9-7-10-18(20)23/h5-11,14,27H,3-4,12-13H2,1-2H3. The van der Waals surface area contributed by atoms with Crippen molar-refractivity contribution in [3.63, 3.8) is 0 Å². The van der Waals surface area contributed by atoms with Crippen LogP contribution in [0.1, 0.15) is 19.4 Å². The van der Waals surface area contributed by atoms with Crippen LogP contribution in [0.15, 0.2) is 47.5 Å². The van der Waals surface area contributed by atoms with Crippen LogP contribution < -0.4 is 0 Å². The molecule has 1 heterocycles. The normalized spacial score (nSPS) is 11.9. The molecule has 27 heavy (non-hydrogen) atoms. The third-order valence-corrected chi connectivity index (χ3v) is 5.32. The Balaban J connectivity index is 2.04. The molecule has 3 rings (SSSR count). The summed E-state index contributed by atoms with van der Waals surface area (Å²) in [5.41, 5.74) is 2.06. The Morgan fingerprint density at radius 3 is 2.37 bits per heavy atom. The largest absolute Gasteiger partial charge is 0.494 e. The van der Waals surface area contributed by atoms with E-state index in [2.05, 4.69) is 23.7 Å². The van der Waals surface area contributed by atoms with Gasteiger partial charge in [0.15, 0.2) is 0 Å². The number of aromatic hydroxyl groups is 1. The molecule has 0 spiro atoms. The van der Waals surface area contributed by atoms with E-state index < -0.39 is 0 Å². The van der Waals surface area contributed by atoms with Crippen LogP contribution in [0.4, 0.5) is 0 Å². The summed E-state index contributed by atoms with van der Waals surface area (Å²) in [6, 6.07) is 13.1. The third-order valence-electron chi connectivity index (χ3n) is 4.71. The Morgan fingerprint density at radius 1 is 1.04 bits per heavy atom. The second kappa shape index (κ2) is 8.79. The molecule has 142 valence electrons. The van der Waals surface area contributed by atoms with Gasteiger partial charge in [0.2, 0.25) is 5.88 Å². The minimum absolute atomic E-state index is 0.0813. The van der Waals surface area contributed by atoms with E-state index in [4.69, 9.17) is 23.2 Å². The second-order valence-electron chi connectivity index (χ2n) is 6.22. The highest BCUT2D eigenvalue weighted by Crippen LogP contribution is 2.38. The van der Waals surface area contributed by atoms with Gasteiger partial charge in [-0.05, 0) is 31.3 Å². The number of rotatable bonds is 7. The summed E-state index contributed by atoms with van der Waals surface area (Å²) in [4.78, 5) is 6.84. The van der Waals surface area contributed by atoms with Gasteiger partial charge >= 0.3 is 0 Å². The summed E-state index contributed by atoms with van der Waals surface area (Å²) < 4.78 is 1.69. The maximum Gasteiger partial charge on any atom is 0.205 e. The van der Waals surface area contributed by atoms with Crippen molar-refractivity contribution in [2.24, 2.45) is 4.99 Å². The molecule has 0 bridgehead atoms. The predicted molar refractivity (Wildman–Crippen MR) is 115 cm³/mol. The van der Waals surface area contributed by atoms with E-state index in [9.17, 15) is 5.11 Å². The van der Waals surface area contributed by atoms with Crippen LogP contribution >= 0.6 is 23.2 Å². The highest BCUT2D eigenvalue weighted by atomic mass is 35.5. The number of aliphatic imine (C=N–C) groups is 1. The van der Waals surface area contributed by atoms with Crippen molar-refractivity contribution in [1.29, 1.82) is 0 Å². The molecular weight excluding hydrogens is 381 g/mol. The predicted octanol–water partition coefficient (Wildman–Crippen LogP) is 5.40. The molecule has 0 fully saturated rings. The molecule has 0 saturated heterocycles. The van der Waals surface area contributed by atoms with Gasteiger partial charge in [-0.1, -0.05) is 61.3 Å². The van der Waals surface area contributed by atoms with Crippen LogP contribution in [0.3, 0.4) is 0 Å². The van der Waals surface area contributed by atoms with E-state index in [-0.39, 0.29) is 5.88 Å². The zero-order valence-electron chi connectivity index (χ0n) is 15.5. The monoisotopic (exact) mass is 403 g/mol. The average Bonchev–Trinajstić information content (AvgIpc) is 2.94. The maximum atomic E-state index is 11.0. The fourth-order valence-corrected chi connectivity index (χ4v) is 3.77. The van der Waals surface area contributed by atoms with Gasteiger partial charge in [-0.2, -0.15) is 0 Å². The van der Waals surface area contributed by atoms with Crippen molar-refractivity contribution < 1.29 is 5.11 Å². The van der Waals surface area contributed by atoms with Crippen LogP contribution in [-0.2, 0) is 0 Å². The molecule has 0 aliphatic carbocycles. The molecule has 2 aromatic carbocycles. The summed E-state index contributed by atoms with van der Waals surface area (Å²) >= 11 is 12.8. The number of hydrogen-bond donors (Lipinski definition) is 1. The molecule has 0 unspecified atom stereocenters. The van der Waals surface area contributed by atoms with Crippen molar-refractivity contribution in [3.8, 4) is 11.6 Å². The van der Waals surface area contributed by atoms with E-state index in [1.807, 2.05) is 24.3 Å².